The number of benzene rings is 6. The van der Waals surface area contributed by atoms with E-state index in [4.69, 9.17) is 0 Å². The molecule has 0 spiro atoms. The summed E-state index contributed by atoms with van der Waals surface area (Å²) in [5.41, 5.74) is 8.00. The van der Waals surface area contributed by atoms with Gasteiger partial charge >= 0.3 is 284 Å². The minimum atomic E-state index is -2.15. The zero-order chi connectivity index (χ0) is 31.1. The number of hydrogen-bond donors (Lipinski definition) is 0. The molecule has 0 aromatic heterocycles. The number of halogens is 2. The van der Waals surface area contributed by atoms with Gasteiger partial charge in [-0.25, -0.2) is 0 Å². The van der Waals surface area contributed by atoms with E-state index in [1.165, 1.54) is 33.4 Å². The van der Waals surface area contributed by atoms with Crippen LogP contribution in [0.4, 0.5) is 0 Å². The molecule has 4 heteroatoms. The van der Waals surface area contributed by atoms with Crippen LogP contribution in [0.15, 0.2) is 146 Å². The fraction of sp³-hybridized carbons (Fsp3) is 0.143. The Morgan fingerprint density at radius 2 is 0.326 bits per heavy atom. The van der Waals surface area contributed by atoms with Crippen molar-refractivity contribution < 1.29 is 0 Å². The predicted octanol–water partition coefficient (Wildman–Crippen LogP) is 7.10. The third kappa shape index (κ3) is 10.3. The molecular weight excluding hydrogens is 993 g/mol. The smallest absolute Gasteiger partial charge is 0.147 e. The van der Waals surface area contributed by atoms with Gasteiger partial charge in [0.15, 0.2) is 0 Å². The molecule has 0 aliphatic heterocycles. The number of rotatable bonds is 6. The first-order chi connectivity index (χ1) is 21.3. The standard InChI is InChI=1S/6C7H7.2Bi.2ClH/c6*1-7-5-3-2-4-6-7;;;;/h6*3-6H,1H3;;;2*1H. The summed E-state index contributed by atoms with van der Waals surface area (Å²) in [6.45, 7) is 12.9. The second-order valence-corrected chi connectivity index (χ2v) is 28.9. The Hall–Kier alpha value is -2.33. The third-order valence-corrected chi connectivity index (χ3v) is 26.8. The molecule has 0 bridgehead atoms. The summed E-state index contributed by atoms with van der Waals surface area (Å²) in [7, 11) is 0. The zero-order valence-electron chi connectivity index (χ0n) is 27.6. The third-order valence-electron chi connectivity index (χ3n) is 7.75. The summed E-state index contributed by atoms with van der Waals surface area (Å²) in [5, 5.41) is 0. The quantitative estimate of drug-likeness (QED) is 0.157. The molecule has 0 saturated heterocycles. The minimum absolute atomic E-state index is 0. The van der Waals surface area contributed by atoms with E-state index < -0.39 is 43.5 Å². The van der Waals surface area contributed by atoms with Crippen molar-refractivity contribution in [1.29, 1.82) is 0 Å². The maximum Gasteiger partial charge on any atom is -0.147 e. The van der Waals surface area contributed by atoms with Crippen LogP contribution in [0, 0.1) is 41.5 Å². The van der Waals surface area contributed by atoms with Crippen molar-refractivity contribution >= 4 is 87.9 Å². The van der Waals surface area contributed by atoms with Gasteiger partial charge in [0.25, 0.3) is 0 Å². The molecule has 6 aromatic rings. The molecule has 46 heavy (non-hydrogen) atoms. The van der Waals surface area contributed by atoms with Gasteiger partial charge < -0.3 is 0 Å². The molecule has 0 aliphatic carbocycles. The Morgan fingerprint density at radius 3 is 0.435 bits per heavy atom. The first-order valence-electron chi connectivity index (χ1n) is 15.3. The van der Waals surface area contributed by atoms with Crippen LogP contribution in [0.3, 0.4) is 0 Å². The van der Waals surface area contributed by atoms with Crippen molar-refractivity contribution in [1.82, 2.24) is 0 Å². The minimum Gasteiger partial charge on any atom is -0.147 e. The van der Waals surface area contributed by atoms with Crippen molar-refractivity contribution in [3.05, 3.63) is 179 Å². The summed E-state index contributed by atoms with van der Waals surface area (Å²) in [4.78, 5) is 0. The summed E-state index contributed by atoms with van der Waals surface area (Å²) in [6, 6.07) is 55.1. The van der Waals surface area contributed by atoms with Crippen LogP contribution < -0.4 is 19.6 Å². The van der Waals surface area contributed by atoms with Gasteiger partial charge in [-0.1, -0.05) is 0 Å². The first kappa shape index (κ1) is 38.1. The molecule has 0 saturated carbocycles. The summed E-state index contributed by atoms with van der Waals surface area (Å²) < 4.78 is 9.30. The van der Waals surface area contributed by atoms with Gasteiger partial charge in [-0.3, -0.25) is 0 Å². The van der Waals surface area contributed by atoms with E-state index in [1.54, 1.807) is 19.6 Å². The molecule has 0 heterocycles. The van der Waals surface area contributed by atoms with Crippen LogP contribution >= 0.6 is 24.8 Å². The van der Waals surface area contributed by atoms with Crippen molar-refractivity contribution in [2.24, 2.45) is 0 Å². The fourth-order valence-electron chi connectivity index (χ4n) is 5.06. The van der Waals surface area contributed by atoms with Gasteiger partial charge in [-0.2, -0.15) is 0 Å². The van der Waals surface area contributed by atoms with Crippen molar-refractivity contribution in [3.63, 3.8) is 0 Å². The van der Waals surface area contributed by atoms with Crippen LogP contribution in [0.2, 0.25) is 0 Å². The van der Waals surface area contributed by atoms with Gasteiger partial charge in [0.05, 0.1) is 0 Å². The van der Waals surface area contributed by atoms with Crippen molar-refractivity contribution in [3.8, 4) is 0 Å². The van der Waals surface area contributed by atoms with Crippen molar-refractivity contribution in [2.45, 2.75) is 41.5 Å². The fourth-order valence-corrected chi connectivity index (χ4v) is 22.4. The summed E-state index contributed by atoms with van der Waals surface area (Å²) >= 11 is -4.29. The second kappa shape index (κ2) is 18.3. The van der Waals surface area contributed by atoms with Gasteiger partial charge in [0.1, 0.15) is 0 Å². The Morgan fingerprint density at radius 1 is 0.217 bits per heavy atom. The Kier molecular flexibility index (Phi) is 15.1. The number of aryl methyl sites for hydroxylation is 6. The van der Waals surface area contributed by atoms with Gasteiger partial charge in [0, 0.05) is 0 Å². The molecule has 0 aliphatic rings. The molecule has 0 unspecified atom stereocenters. The van der Waals surface area contributed by atoms with Crippen LogP contribution in [0.25, 0.3) is 0 Å². The SMILES string of the molecule is Cc1cc[c]([Bi]([c]2ccc(C)cc2)[c]2ccc(C)cc2)cc1.Cc1cc[c]([Bi]([c]2ccc(C)cc2)[c]2ccc(C)cc2)cc1.Cl.Cl. The van der Waals surface area contributed by atoms with Crippen LogP contribution in [0.5, 0.6) is 0 Å². The monoisotopic (exact) mass is 1040 g/mol. The van der Waals surface area contributed by atoms with Gasteiger partial charge in [0.2, 0.25) is 0 Å². The normalized spacial score (nSPS) is 10.4. The van der Waals surface area contributed by atoms with E-state index in [0.717, 1.165) is 0 Å². The molecule has 0 amide bonds. The second-order valence-electron chi connectivity index (χ2n) is 11.7. The largest absolute Gasteiger partial charge is 0.147 e. The maximum absolute atomic E-state index is 2.34. The van der Waals surface area contributed by atoms with E-state index in [1.807, 2.05) is 0 Å². The van der Waals surface area contributed by atoms with E-state index in [-0.39, 0.29) is 24.8 Å². The zero-order valence-corrected chi connectivity index (χ0v) is 36.2. The van der Waals surface area contributed by atoms with E-state index >= 15 is 0 Å². The Bertz CT molecular complexity index is 1410. The molecule has 0 nitrogen and oxygen atoms in total. The summed E-state index contributed by atoms with van der Waals surface area (Å²) in [6.07, 6.45) is 0. The van der Waals surface area contributed by atoms with Gasteiger partial charge in [-0.15, -0.1) is 24.8 Å². The van der Waals surface area contributed by atoms with Crippen molar-refractivity contribution in [2.75, 3.05) is 0 Å². The Balaban J connectivity index is 0.000000240. The van der Waals surface area contributed by atoms with E-state index in [9.17, 15) is 0 Å². The molecule has 0 fully saturated rings. The molecule has 6 aromatic carbocycles. The molecule has 0 atom stereocenters. The molecule has 0 N–H and O–H groups in total. The predicted molar refractivity (Wildman–Crippen MR) is 211 cm³/mol. The van der Waals surface area contributed by atoms with Crippen LogP contribution in [0.1, 0.15) is 33.4 Å². The number of hydrogen-bond acceptors (Lipinski definition) is 0. The average molecular weight is 1040 g/mol. The molecular formula is C42H44Bi2Cl2. The van der Waals surface area contributed by atoms with Gasteiger partial charge in [-0.05, 0) is 0 Å². The van der Waals surface area contributed by atoms with E-state index in [0.29, 0.717) is 0 Å². The maximum atomic E-state index is 2.34. The molecule has 236 valence electrons. The topological polar surface area (TPSA) is 0 Å². The van der Waals surface area contributed by atoms with Crippen LogP contribution in [-0.2, 0) is 0 Å². The average Bonchev–Trinajstić information content (AvgIpc) is 3.03. The summed E-state index contributed by atoms with van der Waals surface area (Å²) in [5.74, 6) is 0. The Labute approximate surface area is 305 Å². The molecule has 6 rings (SSSR count). The molecule has 0 radical (unpaired) electrons. The van der Waals surface area contributed by atoms with Crippen LogP contribution in [-0.4, -0.2) is 43.5 Å². The first-order valence-corrected chi connectivity index (χ1v) is 25.7. The van der Waals surface area contributed by atoms with E-state index in [2.05, 4.69) is 187 Å².